The maximum Gasteiger partial charge on any atom is 0.249 e. The summed E-state index contributed by atoms with van der Waals surface area (Å²) < 4.78 is 0. The first-order valence-corrected chi connectivity index (χ1v) is 9.04. The van der Waals surface area contributed by atoms with E-state index in [9.17, 15) is 14.4 Å². The topological polar surface area (TPSA) is 69.7 Å². The van der Waals surface area contributed by atoms with Crippen LogP contribution in [0.4, 0.5) is 0 Å². The number of carbonyl (C=O) groups excluding carboxylic acids is 3. The zero-order valence-electron chi connectivity index (χ0n) is 15.1. The first-order chi connectivity index (χ1) is 13.2. The molecule has 3 rings (SSSR count). The Morgan fingerprint density at radius 2 is 1.44 bits per heavy atom. The van der Waals surface area contributed by atoms with Gasteiger partial charge >= 0.3 is 0 Å². The summed E-state index contributed by atoms with van der Waals surface area (Å²) in [7, 11) is 0. The van der Waals surface area contributed by atoms with Crippen molar-refractivity contribution in [3.05, 3.63) is 71.8 Å². The van der Waals surface area contributed by atoms with E-state index in [-0.39, 0.29) is 11.8 Å². The summed E-state index contributed by atoms with van der Waals surface area (Å²) in [5.74, 6) is -0.0811. The van der Waals surface area contributed by atoms with Gasteiger partial charge in [0.1, 0.15) is 6.04 Å². The molecule has 1 saturated heterocycles. The summed E-state index contributed by atoms with van der Waals surface area (Å²) in [5, 5.41) is 2.61. The standard InChI is InChI=1S/C21H23N3O3/c25-16-22-20(18-9-5-2-6-10-18)21(27)24-13-11-23(12-14-24)19(26)15-17-7-3-1-4-8-17/h1-10,16,20H,11-15H2,(H,22,25)/t20-/m0/s1. The van der Waals surface area contributed by atoms with Crippen molar-refractivity contribution in [3.8, 4) is 0 Å². The zero-order valence-corrected chi connectivity index (χ0v) is 15.1. The van der Waals surface area contributed by atoms with Crippen molar-refractivity contribution in [2.45, 2.75) is 12.5 Å². The van der Waals surface area contributed by atoms with Crippen molar-refractivity contribution in [2.75, 3.05) is 26.2 Å². The third-order valence-electron chi connectivity index (χ3n) is 4.76. The Labute approximate surface area is 158 Å². The minimum Gasteiger partial charge on any atom is -0.343 e. The quantitative estimate of drug-likeness (QED) is 0.787. The van der Waals surface area contributed by atoms with Crippen LogP contribution in [0.3, 0.4) is 0 Å². The Balaban J connectivity index is 1.58. The molecule has 1 aliphatic rings. The van der Waals surface area contributed by atoms with Crippen LogP contribution in [0.1, 0.15) is 17.2 Å². The van der Waals surface area contributed by atoms with Crippen LogP contribution in [0.5, 0.6) is 0 Å². The average molecular weight is 365 g/mol. The third kappa shape index (κ3) is 4.73. The summed E-state index contributed by atoms with van der Waals surface area (Å²) in [5.41, 5.74) is 1.73. The van der Waals surface area contributed by atoms with Crippen molar-refractivity contribution in [2.24, 2.45) is 0 Å². The predicted molar refractivity (Wildman–Crippen MR) is 102 cm³/mol. The molecule has 0 spiro atoms. The van der Waals surface area contributed by atoms with Gasteiger partial charge in [0.25, 0.3) is 0 Å². The minimum atomic E-state index is -0.699. The Morgan fingerprint density at radius 1 is 0.889 bits per heavy atom. The molecule has 0 saturated carbocycles. The molecule has 6 nitrogen and oxygen atoms in total. The number of nitrogens with zero attached hydrogens (tertiary/aromatic N) is 2. The number of piperazine rings is 1. The highest BCUT2D eigenvalue weighted by Gasteiger charge is 2.29. The fourth-order valence-electron chi connectivity index (χ4n) is 3.26. The highest BCUT2D eigenvalue weighted by atomic mass is 16.2. The molecule has 0 radical (unpaired) electrons. The Kier molecular flexibility index (Phi) is 6.20. The van der Waals surface area contributed by atoms with E-state index in [2.05, 4.69) is 5.32 Å². The first kappa shape index (κ1) is 18.6. The first-order valence-electron chi connectivity index (χ1n) is 9.04. The smallest absolute Gasteiger partial charge is 0.249 e. The van der Waals surface area contributed by atoms with Crippen LogP contribution in [0.2, 0.25) is 0 Å². The van der Waals surface area contributed by atoms with Gasteiger partial charge in [0.05, 0.1) is 6.42 Å². The molecule has 2 aromatic rings. The summed E-state index contributed by atoms with van der Waals surface area (Å²) in [6.07, 6.45) is 0.920. The van der Waals surface area contributed by atoms with Crippen molar-refractivity contribution in [1.29, 1.82) is 0 Å². The number of rotatable bonds is 6. The van der Waals surface area contributed by atoms with E-state index >= 15 is 0 Å². The van der Waals surface area contributed by atoms with Gasteiger partial charge in [-0.25, -0.2) is 0 Å². The monoisotopic (exact) mass is 365 g/mol. The van der Waals surface area contributed by atoms with E-state index in [1.807, 2.05) is 60.7 Å². The van der Waals surface area contributed by atoms with Gasteiger partial charge in [-0.05, 0) is 11.1 Å². The summed E-state index contributed by atoms with van der Waals surface area (Å²) in [6.45, 7) is 1.92. The average Bonchev–Trinajstić information content (AvgIpc) is 2.73. The van der Waals surface area contributed by atoms with E-state index in [1.165, 1.54) is 0 Å². The number of benzene rings is 2. The highest BCUT2D eigenvalue weighted by Crippen LogP contribution is 2.17. The zero-order chi connectivity index (χ0) is 19.1. The third-order valence-corrected chi connectivity index (χ3v) is 4.76. The van der Waals surface area contributed by atoms with Crippen LogP contribution in [0.15, 0.2) is 60.7 Å². The second-order valence-electron chi connectivity index (χ2n) is 6.50. The minimum absolute atomic E-state index is 0.0684. The van der Waals surface area contributed by atoms with Gasteiger partial charge in [0, 0.05) is 26.2 Å². The molecule has 140 valence electrons. The second kappa shape index (κ2) is 8.98. The normalized spacial score (nSPS) is 15.1. The van der Waals surface area contributed by atoms with E-state index in [0.29, 0.717) is 39.0 Å². The fraction of sp³-hybridized carbons (Fsp3) is 0.286. The molecule has 1 aliphatic heterocycles. The molecule has 1 heterocycles. The molecule has 3 amide bonds. The number of nitrogens with one attached hydrogen (secondary N) is 1. The van der Waals surface area contributed by atoms with E-state index in [4.69, 9.17) is 0 Å². The van der Waals surface area contributed by atoms with Gasteiger partial charge in [0.15, 0.2) is 0 Å². The lowest BCUT2D eigenvalue weighted by molar-refractivity contribution is -0.141. The molecule has 0 unspecified atom stereocenters. The van der Waals surface area contributed by atoms with Gasteiger partial charge in [-0.2, -0.15) is 0 Å². The van der Waals surface area contributed by atoms with Gasteiger partial charge in [-0.3, -0.25) is 14.4 Å². The molecule has 0 bridgehead atoms. The summed E-state index contributed by atoms with van der Waals surface area (Å²) in [4.78, 5) is 39.8. The second-order valence-corrected chi connectivity index (χ2v) is 6.50. The maximum atomic E-state index is 12.9. The molecule has 0 aliphatic carbocycles. The van der Waals surface area contributed by atoms with Crippen LogP contribution >= 0.6 is 0 Å². The Bertz CT molecular complexity index is 772. The molecular weight excluding hydrogens is 342 g/mol. The van der Waals surface area contributed by atoms with Gasteiger partial charge in [-0.15, -0.1) is 0 Å². The molecular formula is C21H23N3O3. The summed E-state index contributed by atoms with van der Waals surface area (Å²) >= 11 is 0. The van der Waals surface area contributed by atoms with Crippen LogP contribution in [0, 0.1) is 0 Å². The Morgan fingerprint density at radius 3 is 2.04 bits per heavy atom. The number of amides is 3. The highest BCUT2D eigenvalue weighted by molar-refractivity contribution is 5.85. The van der Waals surface area contributed by atoms with Gasteiger partial charge in [-0.1, -0.05) is 60.7 Å². The molecule has 1 N–H and O–H groups in total. The molecule has 0 aromatic heterocycles. The fourth-order valence-corrected chi connectivity index (χ4v) is 3.26. The molecule has 1 fully saturated rings. The van der Waals surface area contributed by atoms with Crippen molar-refractivity contribution in [3.63, 3.8) is 0 Å². The predicted octanol–water partition coefficient (Wildman–Crippen LogP) is 1.39. The van der Waals surface area contributed by atoms with Crippen LogP contribution < -0.4 is 5.32 Å². The van der Waals surface area contributed by atoms with Crippen LogP contribution in [0.25, 0.3) is 0 Å². The number of hydrogen-bond acceptors (Lipinski definition) is 3. The maximum absolute atomic E-state index is 12.9. The van der Waals surface area contributed by atoms with E-state index in [0.717, 1.165) is 11.1 Å². The molecule has 27 heavy (non-hydrogen) atoms. The van der Waals surface area contributed by atoms with Crippen molar-refractivity contribution < 1.29 is 14.4 Å². The summed E-state index contributed by atoms with van der Waals surface area (Å²) in [6, 6.07) is 18.1. The van der Waals surface area contributed by atoms with Crippen LogP contribution in [-0.4, -0.2) is 54.2 Å². The van der Waals surface area contributed by atoms with E-state index < -0.39 is 6.04 Å². The lowest BCUT2D eigenvalue weighted by atomic mass is 10.1. The van der Waals surface area contributed by atoms with Gasteiger partial charge < -0.3 is 15.1 Å². The Hall–Kier alpha value is -3.15. The largest absolute Gasteiger partial charge is 0.343 e. The van der Waals surface area contributed by atoms with E-state index in [1.54, 1.807) is 9.80 Å². The SMILES string of the molecule is O=CN[C@H](C(=O)N1CCN(C(=O)Cc2ccccc2)CC1)c1ccccc1. The van der Waals surface area contributed by atoms with Crippen molar-refractivity contribution in [1.82, 2.24) is 15.1 Å². The molecule has 2 aromatic carbocycles. The van der Waals surface area contributed by atoms with Crippen LogP contribution in [-0.2, 0) is 20.8 Å². The number of hydrogen-bond donors (Lipinski definition) is 1. The number of carbonyl (C=O) groups is 3. The van der Waals surface area contributed by atoms with Crippen molar-refractivity contribution >= 4 is 18.2 Å². The lowest BCUT2D eigenvalue weighted by Gasteiger charge is -2.36. The van der Waals surface area contributed by atoms with Gasteiger partial charge in [0.2, 0.25) is 18.2 Å². The lowest BCUT2D eigenvalue weighted by Crippen LogP contribution is -2.53. The molecule has 1 atom stereocenters. The molecule has 6 heteroatoms.